The van der Waals surface area contributed by atoms with E-state index in [1.165, 1.54) is 59.2 Å². The molecule has 0 aromatic carbocycles. The number of nitrogens with zero attached hydrogens (tertiary/aromatic N) is 4. The van der Waals surface area contributed by atoms with Crippen molar-refractivity contribution in [2.45, 2.75) is 0 Å². The molecule has 0 saturated heterocycles. The van der Waals surface area contributed by atoms with Crippen LogP contribution in [0.3, 0.4) is 0 Å². The molecule has 0 radical (unpaired) electrons. The third kappa shape index (κ3) is 4.42. The summed E-state index contributed by atoms with van der Waals surface area (Å²) >= 11 is 5.89. The highest BCUT2D eigenvalue weighted by Gasteiger charge is 2.19. The summed E-state index contributed by atoms with van der Waals surface area (Å²) in [5.74, 6) is 0. The van der Waals surface area contributed by atoms with Gasteiger partial charge in [-0.15, -0.1) is 0 Å². The van der Waals surface area contributed by atoms with E-state index in [9.17, 15) is 0 Å². The molecular weight excluding hydrogens is 376 g/mol. The van der Waals surface area contributed by atoms with E-state index in [4.69, 9.17) is 21.0 Å². The molecule has 24 heavy (non-hydrogen) atoms. The van der Waals surface area contributed by atoms with Gasteiger partial charge in [0.05, 0.1) is 8.47 Å². The van der Waals surface area contributed by atoms with Crippen LogP contribution in [0.25, 0.3) is 0 Å². The monoisotopic (exact) mass is 382 g/mol. The van der Waals surface area contributed by atoms with E-state index in [2.05, 4.69) is 0 Å². The highest BCUT2D eigenvalue weighted by atomic mass is 32.2. The summed E-state index contributed by atoms with van der Waals surface area (Å²) < 4.78 is 1.78. The fraction of sp³-hybridized carbons (Fsp3) is 0. The van der Waals surface area contributed by atoms with Gasteiger partial charge in [-0.3, -0.25) is 0 Å². The van der Waals surface area contributed by atoms with E-state index in [1.54, 1.807) is 0 Å². The molecular formula is C16H6N4S4. The normalized spacial score (nSPS) is 14.2. The average Bonchev–Trinajstić information content (AvgIpc) is 3.32. The zero-order valence-corrected chi connectivity index (χ0v) is 15.2. The maximum Gasteiger partial charge on any atom is 0.130 e. The van der Waals surface area contributed by atoms with Crippen molar-refractivity contribution in [3.05, 3.63) is 64.6 Å². The van der Waals surface area contributed by atoms with Crippen LogP contribution in [-0.2, 0) is 0 Å². The average molecular weight is 383 g/mol. The summed E-state index contributed by atoms with van der Waals surface area (Å²) in [5, 5.41) is 44.0. The van der Waals surface area contributed by atoms with Crippen molar-refractivity contribution >= 4 is 47.0 Å². The van der Waals surface area contributed by atoms with E-state index < -0.39 is 0 Å². The Kier molecular flexibility index (Phi) is 6.94. The first-order chi connectivity index (χ1) is 11.7. The van der Waals surface area contributed by atoms with Gasteiger partial charge in [0.1, 0.15) is 35.4 Å². The number of hydrogen-bond acceptors (Lipinski definition) is 8. The Morgan fingerprint density at radius 3 is 1.17 bits per heavy atom. The molecule has 0 bridgehead atoms. The number of allylic oxidation sites excluding steroid dienone is 6. The highest BCUT2D eigenvalue weighted by molar-refractivity contribution is 8.28. The number of thioether (sulfide) groups is 4. The maximum absolute atomic E-state index is 9.09. The zero-order valence-electron chi connectivity index (χ0n) is 11.9. The van der Waals surface area contributed by atoms with Crippen LogP contribution in [-0.4, -0.2) is 0 Å². The Labute approximate surface area is 156 Å². The maximum atomic E-state index is 9.09. The first-order valence-corrected chi connectivity index (χ1v) is 9.74. The van der Waals surface area contributed by atoms with Crippen LogP contribution in [0.15, 0.2) is 64.6 Å². The second-order valence-corrected chi connectivity index (χ2v) is 8.16. The molecule has 0 atom stereocenters. The predicted molar refractivity (Wildman–Crippen MR) is 101 cm³/mol. The van der Waals surface area contributed by atoms with Crippen molar-refractivity contribution in [1.82, 2.24) is 0 Å². The summed E-state index contributed by atoms with van der Waals surface area (Å²) in [6.07, 6.45) is 3.01. The van der Waals surface area contributed by atoms with Crippen molar-refractivity contribution in [1.29, 1.82) is 21.0 Å². The molecule has 114 valence electrons. The van der Waals surface area contributed by atoms with Gasteiger partial charge in [0.2, 0.25) is 0 Å². The van der Waals surface area contributed by atoms with E-state index >= 15 is 0 Å². The molecule has 0 N–H and O–H groups in total. The quantitative estimate of drug-likeness (QED) is 0.610. The second kappa shape index (κ2) is 9.18. The molecule has 0 aromatic rings. The number of rotatable bonds is 3. The van der Waals surface area contributed by atoms with Crippen molar-refractivity contribution in [2.75, 3.05) is 0 Å². The van der Waals surface area contributed by atoms with E-state index in [-0.39, 0.29) is 11.1 Å². The molecule has 0 aliphatic carbocycles. The Balaban J connectivity index is 2.69. The lowest BCUT2D eigenvalue weighted by molar-refractivity contribution is 1.43. The first kappa shape index (κ1) is 18.1. The van der Waals surface area contributed by atoms with Gasteiger partial charge >= 0.3 is 0 Å². The molecule has 2 rings (SSSR count). The lowest BCUT2D eigenvalue weighted by Crippen LogP contribution is -1.92. The summed E-state index contributed by atoms with van der Waals surface area (Å²) in [6.45, 7) is 0. The Bertz CT molecular complexity index is 778. The van der Waals surface area contributed by atoms with Crippen LogP contribution < -0.4 is 0 Å². The molecule has 4 nitrogen and oxygen atoms in total. The zero-order chi connectivity index (χ0) is 17.4. The van der Waals surface area contributed by atoms with Gasteiger partial charge in [0.15, 0.2) is 0 Å². The molecule has 0 spiro atoms. The SMILES string of the molecule is N#CC(C#N)=CC(=C1SC=CS1)C(C=C(C#N)C#N)=C1SC=CS1. The minimum atomic E-state index is -0.0338. The number of hydrogen-bond donors (Lipinski definition) is 0. The molecule has 8 heteroatoms. The molecule has 2 aliphatic heterocycles. The fourth-order valence-corrected chi connectivity index (χ4v) is 5.31. The van der Waals surface area contributed by atoms with Crippen LogP contribution in [0.2, 0.25) is 0 Å². The van der Waals surface area contributed by atoms with Crippen molar-refractivity contribution in [3.8, 4) is 24.3 Å². The fourth-order valence-electron chi connectivity index (χ4n) is 1.63. The van der Waals surface area contributed by atoms with Gasteiger partial charge in [-0.1, -0.05) is 47.0 Å². The number of nitriles is 4. The topological polar surface area (TPSA) is 95.2 Å². The first-order valence-electron chi connectivity index (χ1n) is 6.23. The van der Waals surface area contributed by atoms with E-state index in [0.29, 0.717) is 11.1 Å². The van der Waals surface area contributed by atoms with Crippen molar-refractivity contribution < 1.29 is 0 Å². The lowest BCUT2D eigenvalue weighted by atomic mass is 10.0. The summed E-state index contributed by atoms with van der Waals surface area (Å²) in [4.78, 5) is 0. The third-order valence-electron chi connectivity index (χ3n) is 2.60. The van der Waals surface area contributed by atoms with E-state index in [1.807, 2.05) is 45.9 Å². The molecule has 0 fully saturated rings. The molecule has 0 aromatic heterocycles. The molecule has 2 heterocycles. The van der Waals surface area contributed by atoms with Gasteiger partial charge in [0.25, 0.3) is 0 Å². The standard InChI is InChI=1S/C16H6N4S4/c17-7-11(8-18)5-13(15-21-1-2-22-15)14(6-12(9-19)10-20)16-23-3-4-24-16/h1-6H. The van der Waals surface area contributed by atoms with Gasteiger partial charge < -0.3 is 0 Å². The van der Waals surface area contributed by atoms with Crippen LogP contribution in [0.1, 0.15) is 0 Å². The lowest BCUT2D eigenvalue weighted by Gasteiger charge is -2.11. The van der Waals surface area contributed by atoms with Gasteiger partial charge in [-0.05, 0) is 33.8 Å². The summed E-state index contributed by atoms with van der Waals surface area (Å²) in [5.41, 5.74) is 1.26. The van der Waals surface area contributed by atoms with Gasteiger partial charge in [-0.25, -0.2) is 0 Å². The second-order valence-electron chi connectivity index (χ2n) is 3.98. The highest BCUT2D eigenvalue weighted by Crippen LogP contribution is 2.47. The van der Waals surface area contributed by atoms with Crippen molar-refractivity contribution in [2.24, 2.45) is 0 Å². The van der Waals surface area contributed by atoms with Crippen LogP contribution in [0.5, 0.6) is 0 Å². The van der Waals surface area contributed by atoms with Crippen LogP contribution >= 0.6 is 47.0 Å². The smallest absolute Gasteiger partial charge is 0.130 e. The summed E-state index contributed by atoms with van der Waals surface area (Å²) in [7, 11) is 0. The Hall–Kier alpha value is -2.20. The Morgan fingerprint density at radius 2 is 0.917 bits per heavy atom. The van der Waals surface area contributed by atoms with Gasteiger partial charge in [0, 0.05) is 11.1 Å². The largest absolute Gasteiger partial charge is 0.192 e. The molecule has 2 aliphatic rings. The summed E-state index contributed by atoms with van der Waals surface area (Å²) in [6, 6.07) is 7.43. The molecule has 0 amide bonds. The van der Waals surface area contributed by atoms with Crippen LogP contribution in [0.4, 0.5) is 0 Å². The minimum Gasteiger partial charge on any atom is -0.192 e. The van der Waals surface area contributed by atoms with Gasteiger partial charge in [-0.2, -0.15) is 21.0 Å². The van der Waals surface area contributed by atoms with E-state index in [0.717, 1.165) is 8.47 Å². The Morgan fingerprint density at radius 1 is 0.625 bits per heavy atom. The van der Waals surface area contributed by atoms with Crippen molar-refractivity contribution in [3.63, 3.8) is 0 Å². The van der Waals surface area contributed by atoms with Crippen LogP contribution in [0, 0.1) is 45.3 Å². The minimum absolute atomic E-state index is 0.0338. The predicted octanol–water partition coefficient (Wildman–Crippen LogP) is 5.26. The molecule has 0 saturated carbocycles. The third-order valence-corrected chi connectivity index (χ3v) is 6.92. The molecule has 0 unspecified atom stereocenters.